The van der Waals surface area contributed by atoms with E-state index >= 15 is 0 Å². The van der Waals surface area contributed by atoms with Gasteiger partial charge in [0.15, 0.2) is 14.6 Å². The Morgan fingerprint density at radius 3 is 2.36 bits per heavy atom. The summed E-state index contributed by atoms with van der Waals surface area (Å²) in [6.07, 6.45) is 17.6. The first-order chi connectivity index (χ1) is 19.3. The Morgan fingerprint density at radius 1 is 1.02 bits per heavy atom. The van der Waals surface area contributed by atoms with Crippen molar-refractivity contribution in [2.75, 3.05) is 6.61 Å². The Kier molecular flexibility index (Phi) is 9.87. The van der Waals surface area contributed by atoms with E-state index in [2.05, 4.69) is 86.7 Å². The molecule has 5 heteroatoms. The first-order valence-electron chi connectivity index (χ1n) is 17.3. The van der Waals surface area contributed by atoms with Gasteiger partial charge in [-0.1, -0.05) is 58.4 Å². The first kappa shape index (κ1) is 34.4. The highest BCUT2D eigenvalue weighted by Crippen LogP contribution is 2.67. The molecule has 4 nitrogen and oxygen atoms in total. The third-order valence-electron chi connectivity index (χ3n) is 13.0. The van der Waals surface area contributed by atoms with E-state index in [4.69, 9.17) is 13.9 Å². The number of rotatable bonds is 10. The Labute approximate surface area is 260 Å². The van der Waals surface area contributed by atoms with Gasteiger partial charge in [-0.2, -0.15) is 0 Å². The fourth-order valence-electron chi connectivity index (χ4n) is 9.75. The molecule has 3 fully saturated rings. The van der Waals surface area contributed by atoms with Crippen LogP contribution in [0.15, 0.2) is 23.8 Å². The van der Waals surface area contributed by atoms with Gasteiger partial charge in [-0.3, -0.25) is 0 Å². The molecule has 0 aromatic rings. The van der Waals surface area contributed by atoms with Crippen LogP contribution in [0, 0.1) is 34.5 Å². The van der Waals surface area contributed by atoms with Crippen molar-refractivity contribution in [2.24, 2.45) is 34.5 Å². The highest BCUT2D eigenvalue weighted by atomic mass is 28.4. The van der Waals surface area contributed by atoms with Crippen LogP contribution in [0.4, 0.5) is 0 Å². The van der Waals surface area contributed by atoms with Gasteiger partial charge in [0.1, 0.15) is 0 Å². The largest absolute Gasteiger partial charge is 0.414 e. The summed E-state index contributed by atoms with van der Waals surface area (Å²) >= 11 is 0. The van der Waals surface area contributed by atoms with E-state index in [1.165, 1.54) is 38.5 Å². The molecule has 0 saturated heterocycles. The lowest BCUT2D eigenvalue weighted by Gasteiger charge is -2.59. The minimum absolute atomic E-state index is 0.189. The highest BCUT2D eigenvalue weighted by molar-refractivity contribution is 6.74. The molecule has 42 heavy (non-hydrogen) atoms. The summed E-state index contributed by atoms with van der Waals surface area (Å²) in [5, 5.41) is 12.2. The van der Waals surface area contributed by atoms with Crippen molar-refractivity contribution < 1.29 is 19.0 Å². The average molecular weight is 603 g/mol. The van der Waals surface area contributed by atoms with Gasteiger partial charge in [-0.05, 0) is 145 Å². The van der Waals surface area contributed by atoms with Gasteiger partial charge in [0.05, 0.1) is 11.2 Å². The van der Waals surface area contributed by atoms with Crippen LogP contribution in [0.5, 0.6) is 0 Å². The van der Waals surface area contributed by atoms with Crippen molar-refractivity contribution >= 4 is 8.32 Å². The van der Waals surface area contributed by atoms with Gasteiger partial charge in [0.2, 0.25) is 0 Å². The zero-order chi connectivity index (χ0) is 31.4. The second kappa shape index (κ2) is 12.0. The fourth-order valence-corrected chi connectivity index (χ4v) is 11.1. The molecule has 2 unspecified atom stereocenters. The normalized spacial score (nSPS) is 37.9. The van der Waals surface area contributed by atoms with E-state index in [1.807, 2.05) is 13.8 Å². The Bertz CT molecular complexity index is 1010. The fraction of sp³-hybridized carbons (Fsp3) is 0.892. The van der Waals surface area contributed by atoms with Crippen LogP contribution >= 0.6 is 0 Å². The van der Waals surface area contributed by atoms with Gasteiger partial charge < -0.3 is 19.0 Å². The lowest BCUT2D eigenvalue weighted by molar-refractivity contribution is -0.187. The van der Waals surface area contributed by atoms with Crippen LogP contribution in [-0.2, 0) is 13.9 Å². The van der Waals surface area contributed by atoms with Crippen molar-refractivity contribution in [3.05, 3.63) is 23.8 Å². The van der Waals surface area contributed by atoms with Crippen molar-refractivity contribution in [3.63, 3.8) is 0 Å². The first-order valence-corrected chi connectivity index (χ1v) is 20.2. The van der Waals surface area contributed by atoms with E-state index in [1.54, 1.807) is 5.57 Å². The predicted molar refractivity (Wildman–Crippen MR) is 178 cm³/mol. The molecular weight excluding hydrogens is 536 g/mol. The maximum absolute atomic E-state index is 11.9. The molecule has 3 saturated carbocycles. The van der Waals surface area contributed by atoms with Crippen molar-refractivity contribution in [1.29, 1.82) is 0 Å². The maximum atomic E-state index is 11.9. The Hall–Kier alpha value is -0.463. The number of ether oxygens (including phenoxy) is 2. The van der Waals surface area contributed by atoms with E-state index < -0.39 is 13.9 Å². The predicted octanol–water partition coefficient (Wildman–Crippen LogP) is 9.83. The quantitative estimate of drug-likeness (QED) is 0.154. The van der Waals surface area contributed by atoms with Gasteiger partial charge in [0.25, 0.3) is 0 Å². The summed E-state index contributed by atoms with van der Waals surface area (Å²) in [5.41, 5.74) is 1.07. The molecule has 4 rings (SSSR count). The van der Waals surface area contributed by atoms with Crippen LogP contribution < -0.4 is 0 Å². The summed E-state index contributed by atoms with van der Waals surface area (Å²) in [6, 6.07) is 0. The van der Waals surface area contributed by atoms with Crippen molar-refractivity contribution in [3.8, 4) is 0 Å². The molecule has 0 amide bonds. The van der Waals surface area contributed by atoms with E-state index in [-0.39, 0.29) is 22.3 Å². The number of fused-ring (bicyclic) bond motifs is 5. The molecular formula is C37H66O4Si. The number of hydrogen-bond donors (Lipinski definition) is 1. The molecule has 242 valence electrons. The van der Waals surface area contributed by atoms with Gasteiger partial charge in [0, 0.05) is 12.7 Å². The molecule has 0 bridgehead atoms. The smallest absolute Gasteiger partial charge is 0.192 e. The lowest BCUT2D eigenvalue weighted by Crippen LogP contribution is -2.53. The molecule has 0 spiro atoms. The molecule has 9 atom stereocenters. The minimum Gasteiger partial charge on any atom is -0.414 e. The third kappa shape index (κ3) is 6.71. The minimum atomic E-state index is -1.76. The molecule has 0 heterocycles. The van der Waals surface area contributed by atoms with E-state index in [9.17, 15) is 5.11 Å². The van der Waals surface area contributed by atoms with Crippen molar-refractivity contribution in [1.82, 2.24) is 0 Å². The number of aliphatic hydroxyl groups is 1. The Morgan fingerprint density at radius 2 is 1.71 bits per heavy atom. The van der Waals surface area contributed by atoms with Gasteiger partial charge >= 0.3 is 0 Å². The average Bonchev–Trinajstić information content (AvgIpc) is 3.21. The number of allylic oxidation sites excluding steroid dienone is 1. The summed E-state index contributed by atoms with van der Waals surface area (Å²) in [7, 11) is -1.76. The maximum Gasteiger partial charge on any atom is 0.192 e. The van der Waals surface area contributed by atoms with Gasteiger partial charge in [-0.25, -0.2) is 0 Å². The van der Waals surface area contributed by atoms with Crippen LogP contribution in [0.1, 0.15) is 127 Å². The van der Waals surface area contributed by atoms with Crippen LogP contribution in [0.25, 0.3) is 0 Å². The molecule has 4 aliphatic carbocycles. The lowest BCUT2D eigenvalue weighted by atomic mass is 9.47. The summed E-state index contributed by atoms with van der Waals surface area (Å²) < 4.78 is 18.7. The Balaban J connectivity index is 1.44. The molecule has 0 aromatic heterocycles. The molecule has 4 aliphatic rings. The monoisotopic (exact) mass is 602 g/mol. The summed E-state index contributed by atoms with van der Waals surface area (Å²) in [5.74, 6) is 2.51. The SMILES string of the molecule is CCOC(C)OC(C)(C)C/C=C/[C@](C)(O)[C@H]1CC[C@H]2[C@@H]3CC=C4CC(O[Si](C)(C)C(C)(C)C)CC[C@]4(C)[C@H]3CC[C@@]21C. The van der Waals surface area contributed by atoms with Crippen LogP contribution in [0.2, 0.25) is 18.1 Å². The van der Waals surface area contributed by atoms with E-state index in [0.717, 1.165) is 31.1 Å². The third-order valence-corrected chi connectivity index (χ3v) is 17.5. The highest BCUT2D eigenvalue weighted by Gasteiger charge is 2.61. The summed E-state index contributed by atoms with van der Waals surface area (Å²) in [6.45, 7) is 27.9. The standard InChI is InChI=1S/C37H66O4Si/c1-13-39-26(2)40-34(6,7)21-14-22-37(10,38)32-18-17-30-29-16-15-27-25-28(41-42(11,12)33(3,4)5)19-23-35(27,8)31(29)20-24-36(30,32)9/h14-15,22,26,28-32,38H,13,16-21,23-25H2,1-12H3/b22-14+/t26?,28?,29-,30-,31-,32-,35-,36-,37-/m0/s1. The zero-order valence-corrected chi connectivity index (χ0v) is 30.4. The second-order valence-electron chi connectivity index (χ2n) is 17.4. The molecule has 0 aliphatic heterocycles. The van der Waals surface area contributed by atoms with Gasteiger partial charge in [-0.15, -0.1) is 0 Å². The second-order valence-corrected chi connectivity index (χ2v) is 22.2. The zero-order valence-electron chi connectivity index (χ0n) is 29.4. The molecule has 1 N–H and O–H groups in total. The topological polar surface area (TPSA) is 47.9 Å². The summed E-state index contributed by atoms with van der Waals surface area (Å²) in [4.78, 5) is 0. The molecule has 0 radical (unpaired) electrons. The van der Waals surface area contributed by atoms with Crippen LogP contribution in [-0.4, -0.2) is 43.6 Å². The van der Waals surface area contributed by atoms with Crippen LogP contribution in [0.3, 0.4) is 0 Å². The number of hydrogen-bond acceptors (Lipinski definition) is 4. The molecule has 0 aromatic carbocycles. The van der Waals surface area contributed by atoms with Crippen molar-refractivity contribution in [2.45, 2.75) is 169 Å². The van der Waals surface area contributed by atoms with E-state index in [0.29, 0.717) is 30.0 Å².